The van der Waals surface area contributed by atoms with Crippen molar-refractivity contribution in [1.29, 1.82) is 0 Å². The zero-order valence-electron chi connectivity index (χ0n) is 16.6. The Bertz CT molecular complexity index is 1100. The van der Waals surface area contributed by atoms with Crippen LogP contribution in [0.5, 0.6) is 0 Å². The van der Waals surface area contributed by atoms with E-state index in [1.807, 2.05) is 11.8 Å². The van der Waals surface area contributed by atoms with Crippen LogP contribution >= 0.6 is 0 Å². The average molecular weight is 435 g/mol. The maximum Gasteiger partial charge on any atom is 0.288 e. The van der Waals surface area contributed by atoms with Crippen molar-refractivity contribution in [3.8, 4) is 0 Å². The first-order valence-corrected chi connectivity index (χ1v) is 11.3. The first-order valence-electron chi connectivity index (χ1n) is 9.36. The molecule has 0 saturated carbocycles. The highest BCUT2D eigenvalue weighted by molar-refractivity contribution is 7.90. The molecule has 1 unspecified atom stereocenters. The van der Waals surface area contributed by atoms with E-state index < -0.39 is 31.3 Å². The molecule has 10 heteroatoms. The monoisotopic (exact) mass is 435 g/mol. The van der Waals surface area contributed by atoms with Gasteiger partial charge < -0.3 is 10.2 Å². The second-order valence-electron chi connectivity index (χ2n) is 7.43. The van der Waals surface area contributed by atoms with Crippen LogP contribution in [0.4, 0.5) is 15.8 Å². The molecule has 1 atom stereocenters. The lowest BCUT2D eigenvalue weighted by atomic mass is 10.0. The number of halogens is 1. The average Bonchev–Trinajstić information content (AvgIpc) is 2.68. The number of sulfone groups is 1. The number of nitrogens with zero attached hydrogens (tertiary/aromatic N) is 2. The molecule has 1 N–H and O–H groups in total. The summed E-state index contributed by atoms with van der Waals surface area (Å²) in [6, 6.07) is 7.86. The van der Waals surface area contributed by atoms with Crippen LogP contribution in [0.2, 0.25) is 0 Å². The minimum absolute atomic E-state index is 0.00652. The fourth-order valence-corrected chi connectivity index (χ4v) is 4.39. The number of aryl methyl sites for hydroxylation is 1. The van der Waals surface area contributed by atoms with E-state index in [-0.39, 0.29) is 17.4 Å². The molecule has 0 radical (unpaired) electrons. The summed E-state index contributed by atoms with van der Waals surface area (Å²) in [4.78, 5) is 24.5. The molecule has 160 valence electrons. The van der Waals surface area contributed by atoms with Crippen LogP contribution in [0.25, 0.3) is 0 Å². The van der Waals surface area contributed by atoms with Gasteiger partial charge in [0, 0.05) is 37.0 Å². The van der Waals surface area contributed by atoms with Crippen molar-refractivity contribution in [3.63, 3.8) is 0 Å². The summed E-state index contributed by atoms with van der Waals surface area (Å²) in [5.74, 6) is -0.880. The van der Waals surface area contributed by atoms with Crippen LogP contribution < -0.4 is 10.2 Å². The number of hydrogen-bond donors (Lipinski definition) is 1. The molecule has 3 rings (SSSR count). The first kappa shape index (κ1) is 21.7. The van der Waals surface area contributed by atoms with Crippen molar-refractivity contribution in [2.24, 2.45) is 0 Å². The Balaban J connectivity index is 1.78. The molecule has 30 heavy (non-hydrogen) atoms. The van der Waals surface area contributed by atoms with E-state index in [9.17, 15) is 27.7 Å². The molecule has 2 aromatic rings. The molecule has 8 nitrogen and oxygen atoms in total. The molecular formula is C20H22FN3O5S. The van der Waals surface area contributed by atoms with Gasteiger partial charge in [-0.1, -0.05) is 6.07 Å². The van der Waals surface area contributed by atoms with E-state index in [4.69, 9.17) is 0 Å². The predicted molar refractivity (Wildman–Crippen MR) is 110 cm³/mol. The molecule has 1 amide bonds. The smallest absolute Gasteiger partial charge is 0.288 e. The first-order chi connectivity index (χ1) is 14.1. The normalized spacial score (nSPS) is 16.9. The third-order valence-corrected chi connectivity index (χ3v) is 6.16. The number of anilines is 1. The Hall–Kier alpha value is -3.01. The summed E-state index contributed by atoms with van der Waals surface area (Å²) in [7, 11) is -3.81. The van der Waals surface area contributed by atoms with E-state index in [1.54, 1.807) is 12.1 Å². The lowest BCUT2D eigenvalue weighted by Gasteiger charge is -2.35. The lowest BCUT2D eigenvalue weighted by molar-refractivity contribution is -0.387. The van der Waals surface area contributed by atoms with Crippen LogP contribution in [-0.4, -0.2) is 44.6 Å². The topological polar surface area (TPSA) is 110 Å². The Labute approximate surface area is 173 Å². The van der Waals surface area contributed by atoms with Crippen LogP contribution in [0, 0.1) is 22.9 Å². The molecule has 1 saturated heterocycles. The summed E-state index contributed by atoms with van der Waals surface area (Å²) in [6.07, 6.45) is 2.29. The van der Waals surface area contributed by atoms with E-state index in [0.29, 0.717) is 25.2 Å². The van der Waals surface area contributed by atoms with Crippen molar-refractivity contribution in [1.82, 2.24) is 5.32 Å². The van der Waals surface area contributed by atoms with Gasteiger partial charge in [-0.15, -0.1) is 0 Å². The molecule has 1 fully saturated rings. The Morgan fingerprint density at radius 3 is 2.67 bits per heavy atom. The Kier molecular flexibility index (Phi) is 6.06. The SMILES string of the molecule is Cc1ccc(F)c(N2CCCC(NC(=O)c3ccc(S(C)(=O)=O)c([N+](=O)[O-])c3)C2)c1. The Morgan fingerprint density at radius 1 is 1.27 bits per heavy atom. The number of piperidine rings is 1. The number of hydrogen-bond acceptors (Lipinski definition) is 6. The van der Waals surface area contributed by atoms with Crippen LogP contribution in [0.15, 0.2) is 41.3 Å². The summed E-state index contributed by atoms with van der Waals surface area (Å²) >= 11 is 0. The molecule has 2 aromatic carbocycles. The largest absolute Gasteiger partial charge is 0.367 e. The van der Waals surface area contributed by atoms with Crippen molar-refractivity contribution < 1.29 is 22.5 Å². The van der Waals surface area contributed by atoms with Crippen molar-refractivity contribution in [2.45, 2.75) is 30.7 Å². The van der Waals surface area contributed by atoms with E-state index >= 15 is 0 Å². The predicted octanol–water partition coefficient (Wildman–Crippen LogP) is 2.84. The van der Waals surface area contributed by atoms with Gasteiger partial charge in [0.25, 0.3) is 11.6 Å². The Morgan fingerprint density at radius 2 is 2.00 bits per heavy atom. The third kappa shape index (κ3) is 4.76. The maximum atomic E-state index is 14.2. The zero-order valence-corrected chi connectivity index (χ0v) is 17.4. The molecule has 0 bridgehead atoms. The minimum atomic E-state index is -3.81. The number of nitrogens with one attached hydrogen (secondary N) is 1. The van der Waals surface area contributed by atoms with Gasteiger partial charge in [-0.2, -0.15) is 0 Å². The van der Waals surface area contributed by atoms with Crippen LogP contribution in [0.1, 0.15) is 28.8 Å². The summed E-state index contributed by atoms with van der Waals surface area (Å²) in [6.45, 7) is 2.93. The fraction of sp³-hybridized carbons (Fsp3) is 0.350. The van der Waals surface area contributed by atoms with E-state index in [1.165, 1.54) is 12.1 Å². The molecular weight excluding hydrogens is 413 g/mol. The molecule has 0 aromatic heterocycles. The second-order valence-corrected chi connectivity index (χ2v) is 9.41. The highest BCUT2D eigenvalue weighted by Gasteiger charge is 2.27. The molecule has 1 aliphatic rings. The number of rotatable bonds is 5. The van der Waals surface area contributed by atoms with Crippen LogP contribution in [0.3, 0.4) is 0 Å². The van der Waals surface area contributed by atoms with Gasteiger partial charge in [-0.25, -0.2) is 12.8 Å². The lowest BCUT2D eigenvalue weighted by Crippen LogP contribution is -2.48. The number of benzene rings is 2. The quantitative estimate of drug-likeness (QED) is 0.571. The highest BCUT2D eigenvalue weighted by Crippen LogP contribution is 2.26. The second kappa shape index (κ2) is 8.39. The van der Waals surface area contributed by atoms with Gasteiger partial charge in [-0.05, 0) is 49.6 Å². The van der Waals surface area contributed by atoms with Gasteiger partial charge in [0.1, 0.15) is 10.7 Å². The van der Waals surface area contributed by atoms with E-state index in [0.717, 1.165) is 30.4 Å². The van der Waals surface area contributed by atoms with Gasteiger partial charge in [0.15, 0.2) is 9.84 Å². The summed E-state index contributed by atoms with van der Waals surface area (Å²) in [5.41, 5.74) is 0.753. The van der Waals surface area contributed by atoms with Crippen molar-refractivity contribution >= 4 is 27.1 Å². The maximum absolute atomic E-state index is 14.2. The number of carbonyl (C=O) groups excluding carboxylic acids is 1. The molecule has 0 spiro atoms. The minimum Gasteiger partial charge on any atom is -0.367 e. The van der Waals surface area contributed by atoms with Gasteiger partial charge >= 0.3 is 0 Å². The molecule has 1 aliphatic heterocycles. The zero-order chi connectivity index (χ0) is 22.1. The fourth-order valence-electron chi connectivity index (χ4n) is 3.56. The van der Waals surface area contributed by atoms with Crippen LogP contribution in [-0.2, 0) is 9.84 Å². The standard InChI is InChI=1S/C20H22FN3O5S/c1-13-5-7-16(21)17(10-13)23-9-3-4-15(12-23)22-20(25)14-6-8-19(30(2,28)29)18(11-14)24(26)27/h5-8,10-11,15H,3-4,9,12H2,1-2H3,(H,22,25). The van der Waals surface area contributed by atoms with Gasteiger partial charge in [0.2, 0.25) is 0 Å². The summed E-state index contributed by atoms with van der Waals surface area (Å²) < 4.78 is 37.7. The van der Waals surface area contributed by atoms with E-state index in [2.05, 4.69) is 5.32 Å². The summed E-state index contributed by atoms with van der Waals surface area (Å²) in [5, 5.41) is 14.1. The van der Waals surface area contributed by atoms with Crippen molar-refractivity contribution in [3.05, 3.63) is 63.5 Å². The van der Waals surface area contributed by atoms with Gasteiger partial charge in [-0.3, -0.25) is 14.9 Å². The number of nitro benzene ring substituents is 1. The number of nitro groups is 1. The third-order valence-electron chi connectivity index (χ3n) is 5.02. The van der Waals surface area contributed by atoms with Gasteiger partial charge in [0.05, 0.1) is 10.6 Å². The number of amides is 1. The highest BCUT2D eigenvalue weighted by atomic mass is 32.2. The number of carbonyl (C=O) groups is 1. The molecule has 1 heterocycles. The molecule has 0 aliphatic carbocycles. The van der Waals surface area contributed by atoms with Crippen molar-refractivity contribution in [2.75, 3.05) is 24.2 Å².